The second kappa shape index (κ2) is 6.26. The van der Waals surface area contributed by atoms with Crippen molar-refractivity contribution in [1.82, 2.24) is 5.32 Å². The van der Waals surface area contributed by atoms with Crippen molar-refractivity contribution in [3.8, 4) is 5.75 Å². The van der Waals surface area contributed by atoms with Crippen molar-refractivity contribution < 1.29 is 19.4 Å². The minimum atomic E-state index is -1.10. The summed E-state index contributed by atoms with van der Waals surface area (Å²) in [7, 11) is 0. The van der Waals surface area contributed by atoms with Gasteiger partial charge in [-0.05, 0) is 26.0 Å². The molecule has 5 nitrogen and oxygen atoms in total. The normalized spacial score (nSPS) is 11.7. The minimum Gasteiger partial charge on any atom is -0.483 e. The lowest BCUT2D eigenvalue weighted by atomic mass is 10.2. The molecule has 1 amide bonds. The van der Waals surface area contributed by atoms with Gasteiger partial charge in [0, 0.05) is 10.6 Å². The molecule has 0 unspecified atom stereocenters. The third kappa shape index (κ3) is 3.92. The Kier molecular flexibility index (Phi) is 4.97. The highest BCUT2D eigenvalue weighted by molar-refractivity contribution is 6.31. The van der Waals surface area contributed by atoms with E-state index in [0.29, 0.717) is 10.8 Å². The van der Waals surface area contributed by atoms with Crippen LogP contribution in [0, 0.1) is 6.92 Å². The topological polar surface area (TPSA) is 75.6 Å². The molecule has 0 aliphatic heterocycles. The van der Waals surface area contributed by atoms with E-state index in [1.54, 1.807) is 25.1 Å². The molecule has 1 rings (SSSR count). The van der Waals surface area contributed by atoms with Crippen molar-refractivity contribution in [2.45, 2.75) is 19.9 Å². The number of aliphatic carboxylic acids is 1. The Morgan fingerprint density at radius 3 is 2.78 bits per heavy atom. The minimum absolute atomic E-state index is 0.251. The zero-order valence-corrected chi connectivity index (χ0v) is 10.8. The number of rotatable bonds is 5. The highest BCUT2D eigenvalue weighted by atomic mass is 35.5. The monoisotopic (exact) mass is 271 g/mol. The molecule has 0 saturated heterocycles. The first-order valence-corrected chi connectivity index (χ1v) is 5.69. The van der Waals surface area contributed by atoms with Gasteiger partial charge in [-0.1, -0.05) is 17.7 Å². The fourth-order valence-corrected chi connectivity index (χ4v) is 1.40. The van der Waals surface area contributed by atoms with Crippen molar-refractivity contribution in [2.75, 3.05) is 6.61 Å². The average molecular weight is 272 g/mol. The number of hydrogen-bond acceptors (Lipinski definition) is 3. The Bertz CT molecular complexity index is 461. The number of carboxylic acid groups (broad SMARTS) is 1. The zero-order chi connectivity index (χ0) is 13.7. The molecule has 1 aromatic rings. The first-order chi connectivity index (χ1) is 8.41. The second-order valence-corrected chi connectivity index (χ2v) is 4.19. The molecular formula is C12H14ClNO4. The van der Waals surface area contributed by atoms with Crippen LogP contribution in [0.4, 0.5) is 0 Å². The summed E-state index contributed by atoms with van der Waals surface area (Å²) in [5.74, 6) is -1.09. The number of amides is 1. The molecule has 0 bridgehead atoms. The first kappa shape index (κ1) is 14.3. The summed E-state index contributed by atoms with van der Waals surface area (Å²) in [5.41, 5.74) is 0.734. The molecule has 2 N–H and O–H groups in total. The molecule has 98 valence electrons. The number of carbonyl (C=O) groups excluding carboxylic acids is 1. The largest absolute Gasteiger partial charge is 0.483 e. The van der Waals surface area contributed by atoms with Gasteiger partial charge in [0.1, 0.15) is 11.8 Å². The number of carboxylic acids is 1. The average Bonchev–Trinajstić information content (AvgIpc) is 2.31. The molecule has 0 aromatic heterocycles. The lowest BCUT2D eigenvalue weighted by Gasteiger charge is -2.12. The zero-order valence-electron chi connectivity index (χ0n) is 10.1. The second-order valence-electron chi connectivity index (χ2n) is 3.78. The van der Waals surface area contributed by atoms with Crippen molar-refractivity contribution >= 4 is 23.5 Å². The molecule has 6 heteroatoms. The summed E-state index contributed by atoms with van der Waals surface area (Å²) in [4.78, 5) is 21.9. The van der Waals surface area contributed by atoms with E-state index in [1.165, 1.54) is 6.92 Å². The highest BCUT2D eigenvalue weighted by Gasteiger charge is 2.14. The number of nitrogens with one attached hydrogen (secondary N) is 1. The number of halogens is 1. The van der Waals surface area contributed by atoms with Crippen LogP contribution in [0.3, 0.4) is 0 Å². The van der Waals surface area contributed by atoms with E-state index >= 15 is 0 Å². The van der Waals surface area contributed by atoms with E-state index in [0.717, 1.165) is 5.56 Å². The predicted molar refractivity (Wildman–Crippen MR) is 66.9 cm³/mol. The van der Waals surface area contributed by atoms with Crippen molar-refractivity contribution in [3.05, 3.63) is 28.8 Å². The highest BCUT2D eigenvalue weighted by Crippen LogP contribution is 2.24. The van der Waals surface area contributed by atoms with E-state index in [4.69, 9.17) is 21.4 Å². The summed E-state index contributed by atoms with van der Waals surface area (Å²) in [6.07, 6.45) is 0. The molecule has 18 heavy (non-hydrogen) atoms. The van der Waals surface area contributed by atoms with Gasteiger partial charge in [-0.15, -0.1) is 0 Å². The maximum Gasteiger partial charge on any atom is 0.325 e. The lowest BCUT2D eigenvalue weighted by Crippen LogP contribution is -2.40. The van der Waals surface area contributed by atoms with Gasteiger partial charge in [-0.2, -0.15) is 0 Å². The fourth-order valence-electron chi connectivity index (χ4n) is 1.23. The summed E-state index contributed by atoms with van der Waals surface area (Å²) < 4.78 is 5.27. The van der Waals surface area contributed by atoms with Crippen LogP contribution < -0.4 is 10.1 Å². The van der Waals surface area contributed by atoms with E-state index in [9.17, 15) is 9.59 Å². The van der Waals surface area contributed by atoms with Crippen LogP contribution in [-0.2, 0) is 9.59 Å². The maximum atomic E-state index is 11.4. The van der Waals surface area contributed by atoms with Crippen LogP contribution in [0.15, 0.2) is 18.2 Å². The Labute approximate surface area is 110 Å². The molecule has 0 radical (unpaired) electrons. The van der Waals surface area contributed by atoms with Crippen LogP contribution in [0.1, 0.15) is 12.5 Å². The van der Waals surface area contributed by atoms with Crippen molar-refractivity contribution in [1.29, 1.82) is 0 Å². The first-order valence-electron chi connectivity index (χ1n) is 5.32. The molecule has 0 saturated carbocycles. The van der Waals surface area contributed by atoms with Crippen molar-refractivity contribution in [3.63, 3.8) is 0 Å². The Hall–Kier alpha value is -1.75. The quantitative estimate of drug-likeness (QED) is 0.853. The molecule has 0 fully saturated rings. The van der Waals surface area contributed by atoms with Crippen LogP contribution in [0.5, 0.6) is 5.75 Å². The SMILES string of the molecule is Cc1c(Cl)cccc1OCC(=O)N[C@H](C)C(=O)O. The maximum absolute atomic E-state index is 11.4. The van der Waals surface area contributed by atoms with Crippen LogP contribution in [0.25, 0.3) is 0 Å². The molecule has 0 heterocycles. The third-order valence-electron chi connectivity index (χ3n) is 2.32. The molecule has 1 aromatic carbocycles. The number of benzene rings is 1. The Morgan fingerprint density at radius 2 is 2.17 bits per heavy atom. The standard InChI is InChI=1S/C12H14ClNO4/c1-7-9(13)4-3-5-10(7)18-6-11(15)14-8(2)12(16)17/h3-5,8H,6H2,1-2H3,(H,14,15)(H,16,17)/t8-/m1/s1. The molecular weight excluding hydrogens is 258 g/mol. The summed E-state index contributed by atoms with van der Waals surface area (Å²) in [5, 5.41) is 11.5. The van der Waals surface area contributed by atoms with E-state index in [1.807, 2.05) is 0 Å². The van der Waals surface area contributed by atoms with Gasteiger partial charge < -0.3 is 15.2 Å². The van der Waals surface area contributed by atoms with Crippen molar-refractivity contribution in [2.24, 2.45) is 0 Å². The van der Waals surface area contributed by atoms with Gasteiger partial charge in [0.2, 0.25) is 0 Å². The number of carbonyl (C=O) groups is 2. The molecule has 1 atom stereocenters. The fraction of sp³-hybridized carbons (Fsp3) is 0.333. The summed E-state index contributed by atoms with van der Waals surface area (Å²) in [6.45, 7) is 2.90. The summed E-state index contributed by atoms with van der Waals surface area (Å²) in [6, 6.07) is 4.18. The van der Waals surface area contributed by atoms with Gasteiger partial charge in [-0.25, -0.2) is 0 Å². The summed E-state index contributed by atoms with van der Waals surface area (Å²) >= 11 is 5.90. The van der Waals surface area contributed by atoms with Gasteiger partial charge in [0.25, 0.3) is 5.91 Å². The van der Waals surface area contributed by atoms with Gasteiger partial charge >= 0.3 is 5.97 Å². The van der Waals surface area contributed by atoms with E-state index in [-0.39, 0.29) is 6.61 Å². The molecule has 0 aliphatic carbocycles. The van der Waals surface area contributed by atoms with Gasteiger partial charge in [0.15, 0.2) is 6.61 Å². The van der Waals surface area contributed by atoms with Gasteiger partial charge in [-0.3, -0.25) is 9.59 Å². The predicted octanol–water partition coefficient (Wildman–Crippen LogP) is 1.62. The van der Waals surface area contributed by atoms with E-state index in [2.05, 4.69) is 5.32 Å². The van der Waals surface area contributed by atoms with Crippen LogP contribution in [-0.4, -0.2) is 29.6 Å². The smallest absolute Gasteiger partial charge is 0.325 e. The lowest BCUT2D eigenvalue weighted by molar-refractivity contribution is -0.141. The van der Waals surface area contributed by atoms with Crippen LogP contribution >= 0.6 is 11.6 Å². The Morgan fingerprint density at radius 1 is 1.50 bits per heavy atom. The third-order valence-corrected chi connectivity index (χ3v) is 2.73. The molecule has 0 aliphatic rings. The van der Waals surface area contributed by atoms with Gasteiger partial charge in [0.05, 0.1) is 0 Å². The van der Waals surface area contributed by atoms with E-state index < -0.39 is 17.9 Å². The number of ether oxygens (including phenoxy) is 1. The Balaban J connectivity index is 2.53. The molecule has 0 spiro atoms. The number of hydrogen-bond donors (Lipinski definition) is 2. The van der Waals surface area contributed by atoms with Crippen LogP contribution in [0.2, 0.25) is 5.02 Å².